The predicted octanol–water partition coefficient (Wildman–Crippen LogP) is 4.31. The van der Waals surface area contributed by atoms with Crippen molar-refractivity contribution in [3.63, 3.8) is 0 Å². The Kier molecular flexibility index (Phi) is 3.66. The summed E-state index contributed by atoms with van der Waals surface area (Å²) in [4.78, 5) is 6.40. The summed E-state index contributed by atoms with van der Waals surface area (Å²) in [5, 5.41) is 8.16. The van der Waals surface area contributed by atoms with Crippen molar-refractivity contribution >= 4 is 26.8 Å². The van der Waals surface area contributed by atoms with E-state index in [4.69, 9.17) is 0 Å². The molecule has 3 aromatic rings. The van der Waals surface area contributed by atoms with E-state index in [0.717, 1.165) is 28.5 Å². The monoisotopic (exact) mass is 418 g/mol. The van der Waals surface area contributed by atoms with E-state index in [1.165, 1.54) is 6.07 Å². The molecule has 0 radical (unpaired) electrons. The molecule has 0 saturated heterocycles. The van der Waals surface area contributed by atoms with E-state index in [1.54, 1.807) is 6.20 Å². The lowest BCUT2D eigenvalue weighted by Crippen LogP contribution is -2.41. The first-order chi connectivity index (χ1) is 12.5. The number of H-pyrrole nitrogens is 1. The Hall–Kier alpha value is -1.86. The molecule has 2 aromatic heterocycles. The van der Waals surface area contributed by atoms with Gasteiger partial charge in [0, 0.05) is 29.1 Å². The Morgan fingerprint density at radius 2 is 2.15 bits per heavy atom. The first kappa shape index (κ1) is 16.3. The quantitative estimate of drug-likeness (QED) is 0.688. The SMILES string of the molecule is Fc1cc(Br)cnc1C1c2ccc3[nH]ncc3c2CCN1CC1(F)CC1. The highest BCUT2D eigenvalue weighted by molar-refractivity contribution is 9.10. The van der Waals surface area contributed by atoms with Crippen molar-refractivity contribution in [3.8, 4) is 0 Å². The van der Waals surface area contributed by atoms with Crippen LogP contribution >= 0.6 is 15.9 Å². The standard InChI is InChI=1S/C19H17BrF2N4/c20-11-7-15(21)17(23-8-11)18-13-1-2-16-14(9-24-25-16)12(13)3-6-26(18)10-19(22)4-5-19/h1-2,7-9,18H,3-6,10H2,(H,24,25). The second kappa shape index (κ2) is 5.82. The third-order valence-corrected chi connectivity index (χ3v) is 5.89. The molecular weight excluding hydrogens is 402 g/mol. The number of benzene rings is 1. The molecule has 1 fully saturated rings. The topological polar surface area (TPSA) is 44.8 Å². The van der Waals surface area contributed by atoms with Crippen LogP contribution in [0.2, 0.25) is 0 Å². The average Bonchev–Trinajstić information content (AvgIpc) is 3.15. The van der Waals surface area contributed by atoms with E-state index in [-0.39, 0.29) is 11.9 Å². The molecule has 0 bridgehead atoms. The molecular formula is C19H17BrF2N4. The molecule has 0 spiro atoms. The Balaban J connectivity index is 1.67. The first-order valence-electron chi connectivity index (χ1n) is 8.73. The normalized spacial score (nSPS) is 21.7. The van der Waals surface area contributed by atoms with Crippen LogP contribution in [0, 0.1) is 5.82 Å². The van der Waals surface area contributed by atoms with Gasteiger partial charge in [0.25, 0.3) is 0 Å². The third-order valence-electron chi connectivity index (χ3n) is 5.45. The summed E-state index contributed by atoms with van der Waals surface area (Å²) in [5.74, 6) is -0.377. The number of rotatable bonds is 3. The van der Waals surface area contributed by atoms with Gasteiger partial charge in [0.1, 0.15) is 11.5 Å². The predicted molar refractivity (Wildman–Crippen MR) is 98.2 cm³/mol. The van der Waals surface area contributed by atoms with Gasteiger partial charge >= 0.3 is 0 Å². The Bertz CT molecular complexity index is 998. The highest BCUT2D eigenvalue weighted by atomic mass is 79.9. The van der Waals surface area contributed by atoms with Crippen LogP contribution in [0.15, 0.2) is 35.1 Å². The summed E-state index contributed by atoms with van der Waals surface area (Å²) < 4.78 is 29.9. The van der Waals surface area contributed by atoms with Gasteiger partial charge in [-0.15, -0.1) is 0 Å². The van der Waals surface area contributed by atoms with Crippen LogP contribution in [0.4, 0.5) is 8.78 Å². The van der Waals surface area contributed by atoms with Crippen molar-refractivity contribution in [2.75, 3.05) is 13.1 Å². The lowest BCUT2D eigenvalue weighted by Gasteiger charge is -2.38. The second-order valence-corrected chi connectivity index (χ2v) is 8.17. The molecule has 1 atom stereocenters. The minimum Gasteiger partial charge on any atom is -0.287 e. The van der Waals surface area contributed by atoms with E-state index in [1.807, 2.05) is 23.2 Å². The van der Waals surface area contributed by atoms with E-state index < -0.39 is 5.67 Å². The number of nitrogens with zero attached hydrogens (tertiary/aromatic N) is 3. The van der Waals surface area contributed by atoms with Crippen LogP contribution in [-0.4, -0.2) is 38.8 Å². The first-order valence-corrected chi connectivity index (χ1v) is 9.52. The number of aromatic amines is 1. The molecule has 1 N–H and O–H groups in total. The van der Waals surface area contributed by atoms with Gasteiger partial charge in [0.2, 0.25) is 0 Å². The van der Waals surface area contributed by atoms with Gasteiger partial charge in [-0.05, 0) is 58.5 Å². The van der Waals surface area contributed by atoms with Crippen LogP contribution in [0.3, 0.4) is 0 Å². The Morgan fingerprint density at radius 3 is 2.92 bits per heavy atom. The fourth-order valence-electron chi connectivity index (χ4n) is 3.98. The molecule has 0 amide bonds. The van der Waals surface area contributed by atoms with Gasteiger partial charge in [0.15, 0.2) is 0 Å². The molecule has 1 unspecified atom stereocenters. The van der Waals surface area contributed by atoms with Crippen LogP contribution in [0.25, 0.3) is 10.9 Å². The summed E-state index contributed by atoms with van der Waals surface area (Å²) in [6, 6.07) is 4.98. The number of alkyl halides is 1. The number of hydrogen-bond acceptors (Lipinski definition) is 3. The van der Waals surface area contributed by atoms with Crippen LogP contribution < -0.4 is 0 Å². The Labute approximate surface area is 157 Å². The minimum atomic E-state index is -1.14. The van der Waals surface area contributed by atoms with Gasteiger partial charge in [-0.3, -0.25) is 15.0 Å². The minimum absolute atomic E-state index is 0.317. The summed E-state index contributed by atoms with van der Waals surface area (Å²) in [7, 11) is 0. The van der Waals surface area contributed by atoms with Crippen LogP contribution in [-0.2, 0) is 6.42 Å². The van der Waals surface area contributed by atoms with Crippen molar-refractivity contribution < 1.29 is 8.78 Å². The largest absolute Gasteiger partial charge is 0.287 e. The maximum Gasteiger partial charge on any atom is 0.147 e. The molecule has 2 aliphatic rings. The number of halogens is 3. The zero-order chi connectivity index (χ0) is 17.9. The summed E-state index contributed by atoms with van der Waals surface area (Å²) in [6.45, 7) is 0.989. The number of pyridine rings is 1. The maximum atomic E-state index is 14.8. The number of aromatic nitrogens is 3. The summed E-state index contributed by atoms with van der Waals surface area (Å²) in [6.07, 6.45) is 5.37. The second-order valence-electron chi connectivity index (χ2n) is 7.26. The van der Waals surface area contributed by atoms with Crippen LogP contribution in [0.1, 0.15) is 35.7 Å². The van der Waals surface area contributed by atoms with Gasteiger partial charge in [-0.25, -0.2) is 8.78 Å². The van der Waals surface area contributed by atoms with Gasteiger partial charge in [-0.1, -0.05) is 6.07 Å². The van der Waals surface area contributed by atoms with Crippen LogP contribution in [0.5, 0.6) is 0 Å². The summed E-state index contributed by atoms with van der Waals surface area (Å²) in [5.41, 5.74) is 2.31. The molecule has 1 aliphatic carbocycles. The molecule has 5 rings (SSSR count). The van der Waals surface area contributed by atoms with Crippen molar-refractivity contribution in [1.82, 2.24) is 20.1 Å². The lowest BCUT2D eigenvalue weighted by molar-refractivity contribution is 0.137. The zero-order valence-corrected chi connectivity index (χ0v) is 15.6. The summed E-state index contributed by atoms with van der Waals surface area (Å²) >= 11 is 3.26. The Morgan fingerprint density at radius 1 is 1.31 bits per heavy atom. The molecule has 4 nitrogen and oxygen atoms in total. The molecule has 3 heterocycles. The number of fused-ring (bicyclic) bond motifs is 3. The smallest absolute Gasteiger partial charge is 0.147 e. The van der Waals surface area contributed by atoms with Crippen molar-refractivity contribution in [3.05, 3.63) is 57.7 Å². The highest BCUT2D eigenvalue weighted by Gasteiger charge is 2.47. The lowest BCUT2D eigenvalue weighted by atomic mass is 9.88. The fourth-order valence-corrected chi connectivity index (χ4v) is 4.29. The van der Waals surface area contributed by atoms with E-state index >= 15 is 0 Å². The van der Waals surface area contributed by atoms with Gasteiger partial charge in [0.05, 0.1) is 23.4 Å². The average molecular weight is 419 g/mol. The third kappa shape index (κ3) is 2.65. The van der Waals surface area contributed by atoms with E-state index in [9.17, 15) is 8.78 Å². The highest BCUT2D eigenvalue weighted by Crippen LogP contribution is 2.45. The molecule has 1 aromatic carbocycles. The van der Waals surface area contributed by atoms with Crippen molar-refractivity contribution in [2.24, 2.45) is 0 Å². The maximum absolute atomic E-state index is 14.8. The van der Waals surface area contributed by atoms with Gasteiger partial charge < -0.3 is 0 Å². The fraction of sp³-hybridized carbons (Fsp3) is 0.368. The molecule has 7 heteroatoms. The molecule has 1 aliphatic heterocycles. The molecule has 134 valence electrons. The van der Waals surface area contributed by atoms with Crippen molar-refractivity contribution in [1.29, 1.82) is 0 Å². The van der Waals surface area contributed by atoms with E-state index in [0.29, 0.717) is 36.1 Å². The van der Waals surface area contributed by atoms with Gasteiger partial charge in [-0.2, -0.15) is 5.10 Å². The van der Waals surface area contributed by atoms with Crippen molar-refractivity contribution in [2.45, 2.75) is 31.0 Å². The number of hydrogen-bond donors (Lipinski definition) is 1. The van der Waals surface area contributed by atoms with E-state index in [2.05, 4.69) is 31.1 Å². The zero-order valence-electron chi connectivity index (χ0n) is 14.0. The number of nitrogens with one attached hydrogen (secondary N) is 1. The molecule has 26 heavy (non-hydrogen) atoms. The molecule has 1 saturated carbocycles.